The first kappa shape index (κ1) is 22.6. The number of aryl methyl sites for hydroxylation is 2. The summed E-state index contributed by atoms with van der Waals surface area (Å²) < 4.78 is 31.7. The van der Waals surface area contributed by atoms with E-state index in [9.17, 15) is 18.0 Å². The molecule has 2 aromatic carbocycles. The van der Waals surface area contributed by atoms with Crippen LogP contribution in [0.1, 0.15) is 28.4 Å². The van der Waals surface area contributed by atoms with E-state index in [2.05, 4.69) is 5.32 Å². The Morgan fingerprint density at radius 3 is 2.17 bits per heavy atom. The van der Waals surface area contributed by atoms with Crippen molar-refractivity contribution < 1.29 is 22.7 Å². The van der Waals surface area contributed by atoms with Crippen molar-refractivity contribution in [1.82, 2.24) is 9.62 Å². The normalized spacial score (nSPS) is 11.3. The summed E-state index contributed by atoms with van der Waals surface area (Å²) in [6, 6.07) is 11.5. The van der Waals surface area contributed by atoms with Crippen molar-refractivity contribution in [3.8, 4) is 5.75 Å². The predicted molar refractivity (Wildman–Crippen MR) is 111 cm³/mol. The number of nitrogens with zero attached hydrogens (tertiary/aromatic N) is 1. The molecule has 0 saturated carbocycles. The second-order valence-corrected chi connectivity index (χ2v) is 8.91. The van der Waals surface area contributed by atoms with Crippen LogP contribution in [-0.2, 0) is 14.8 Å². The summed E-state index contributed by atoms with van der Waals surface area (Å²) in [6.07, 6.45) is 0. The summed E-state index contributed by atoms with van der Waals surface area (Å²) in [4.78, 5) is 23.4. The summed E-state index contributed by atoms with van der Waals surface area (Å²) >= 11 is 0. The molecular formula is C21H26N2O5S. The van der Waals surface area contributed by atoms with Gasteiger partial charge >= 0.3 is 0 Å². The molecule has 2 rings (SSSR count). The van der Waals surface area contributed by atoms with E-state index >= 15 is 0 Å². The molecule has 0 aliphatic carbocycles. The highest BCUT2D eigenvalue weighted by molar-refractivity contribution is 7.89. The molecule has 0 fully saturated rings. The van der Waals surface area contributed by atoms with Crippen LogP contribution in [-0.4, -0.2) is 51.2 Å². The number of Topliss-reactive ketones (excluding diaryl/α,β-unsaturated/α-hetero) is 1. The van der Waals surface area contributed by atoms with Gasteiger partial charge in [-0.1, -0.05) is 18.2 Å². The molecule has 0 radical (unpaired) electrons. The Hall–Kier alpha value is -2.71. The Morgan fingerprint density at radius 2 is 1.62 bits per heavy atom. The first-order chi connectivity index (χ1) is 13.6. The summed E-state index contributed by atoms with van der Waals surface area (Å²) in [5, 5.41) is 2.65. The Labute approximate surface area is 171 Å². The number of carbonyl (C=O) groups excluding carboxylic acids is 2. The minimum Gasteiger partial charge on any atom is -0.492 e. The standard InChI is InChI=1S/C21H26N2O5S/c1-15-11-16(2)13-19(12-15)28-10-9-22-21(25)14-23(4)29(26,27)20-7-5-18(6-8-20)17(3)24/h5-8,11-13H,9-10,14H2,1-4H3,(H,22,25). The SMILES string of the molecule is CC(=O)c1ccc(S(=O)(=O)N(C)CC(=O)NCCOc2cc(C)cc(C)c2)cc1. The van der Waals surface area contributed by atoms with Crippen molar-refractivity contribution in [3.05, 3.63) is 59.2 Å². The van der Waals surface area contributed by atoms with Gasteiger partial charge in [0.25, 0.3) is 0 Å². The number of amides is 1. The highest BCUT2D eigenvalue weighted by Gasteiger charge is 2.23. The topological polar surface area (TPSA) is 92.8 Å². The number of hydrogen-bond acceptors (Lipinski definition) is 5. The van der Waals surface area contributed by atoms with Crippen LogP contribution < -0.4 is 10.1 Å². The molecule has 2 aromatic rings. The first-order valence-electron chi connectivity index (χ1n) is 9.15. The van der Waals surface area contributed by atoms with Gasteiger partial charge in [0, 0.05) is 12.6 Å². The fourth-order valence-corrected chi connectivity index (χ4v) is 3.89. The second-order valence-electron chi connectivity index (χ2n) is 6.86. The lowest BCUT2D eigenvalue weighted by molar-refractivity contribution is -0.121. The highest BCUT2D eigenvalue weighted by atomic mass is 32.2. The largest absolute Gasteiger partial charge is 0.492 e. The maximum atomic E-state index is 12.6. The zero-order valence-electron chi connectivity index (χ0n) is 17.1. The van der Waals surface area contributed by atoms with Crippen LogP contribution >= 0.6 is 0 Å². The zero-order chi connectivity index (χ0) is 21.6. The van der Waals surface area contributed by atoms with Gasteiger partial charge in [0.05, 0.1) is 18.0 Å². The van der Waals surface area contributed by atoms with Crippen LogP contribution in [0, 0.1) is 13.8 Å². The molecule has 29 heavy (non-hydrogen) atoms. The number of rotatable bonds is 9. The van der Waals surface area contributed by atoms with Crippen molar-refractivity contribution in [2.45, 2.75) is 25.7 Å². The molecule has 0 aliphatic rings. The van der Waals surface area contributed by atoms with Gasteiger partial charge in [-0.15, -0.1) is 0 Å². The van der Waals surface area contributed by atoms with Gasteiger partial charge in [0.15, 0.2) is 5.78 Å². The summed E-state index contributed by atoms with van der Waals surface area (Å²) in [6.45, 7) is 5.58. The number of benzene rings is 2. The molecule has 0 unspecified atom stereocenters. The molecule has 1 N–H and O–H groups in total. The molecular weight excluding hydrogens is 392 g/mol. The van der Waals surface area contributed by atoms with Crippen molar-refractivity contribution in [2.75, 3.05) is 26.7 Å². The molecule has 0 saturated heterocycles. The molecule has 0 atom stereocenters. The zero-order valence-corrected chi connectivity index (χ0v) is 17.9. The van der Waals surface area contributed by atoms with Crippen LogP contribution in [0.15, 0.2) is 47.4 Å². The minimum absolute atomic E-state index is 0.0240. The molecule has 0 spiro atoms. The third-order valence-corrected chi connectivity index (χ3v) is 6.04. The van der Waals surface area contributed by atoms with Crippen LogP contribution in [0.3, 0.4) is 0 Å². The van der Waals surface area contributed by atoms with Gasteiger partial charge in [0.1, 0.15) is 12.4 Å². The van der Waals surface area contributed by atoms with E-state index < -0.39 is 15.9 Å². The molecule has 0 bridgehead atoms. The van der Waals surface area contributed by atoms with E-state index in [-0.39, 0.29) is 30.4 Å². The lowest BCUT2D eigenvalue weighted by Gasteiger charge is -2.17. The van der Waals surface area contributed by atoms with E-state index in [0.717, 1.165) is 21.2 Å². The summed E-state index contributed by atoms with van der Waals surface area (Å²) in [5.74, 6) is 0.149. The number of ether oxygens (including phenoxy) is 1. The number of nitrogens with one attached hydrogen (secondary N) is 1. The van der Waals surface area contributed by atoms with E-state index in [4.69, 9.17) is 4.74 Å². The molecule has 1 amide bonds. The van der Waals surface area contributed by atoms with E-state index in [0.29, 0.717) is 5.56 Å². The molecule has 8 heteroatoms. The molecule has 156 valence electrons. The van der Waals surface area contributed by atoms with Crippen LogP contribution in [0.2, 0.25) is 0 Å². The fraction of sp³-hybridized carbons (Fsp3) is 0.333. The van der Waals surface area contributed by atoms with Crippen LogP contribution in [0.5, 0.6) is 5.75 Å². The second kappa shape index (κ2) is 9.67. The number of ketones is 1. The number of hydrogen-bond donors (Lipinski definition) is 1. The first-order valence-corrected chi connectivity index (χ1v) is 10.6. The maximum absolute atomic E-state index is 12.6. The minimum atomic E-state index is -3.83. The van der Waals surface area contributed by atoms with Gasteiger partial charge in [-0.3, -0.25) is 9.59 Å². The quantitative estimate of drug-likeness (QED) is 0.498. The van der Waals surface area contributed by atoms with Gasteiger partial charge in [-0.25, -0.2) is 8.42 Å². The van der Waals surface area contributed by atoms with Gasteiger partial charge < -0.3 is 10.1 Å². The third kappa shape index (κ3) is 6.40. The lowest BCUT2D eigenvalue weighted by atomic mass is 10.1. The third-order valence-electron chi connectivity index (χ3n) is 4.22. The van der Waals surface area contributed by atoms with E-state index in [1.165, 1.54) is 38.2 Å². The smallest absolute Gasteiger partial charge is 0.243 e. The van der Waals surface area contributed by atoms with Crippen molar-refractivity contribution in [3.63, 3.8) is 0 Å². The summed E-state index contributed by atoms with van der Waals surface area (Å²) in [5.41, 5.74) is 2.60. The van der Waals surface area contributed by atoms with Crippen molar-refractivity contribution >= 4 is 21.7 Å². The van der Waals surface area contributed by atoms with Crippen LogP contribution in [0.4, 0.5) is 0 Å². The monoisotopic (exact) mass is 418 g/mol. The summed E-state index contributed by atoms with van der Waals surface area (Å²) in [7, 11) is -2.50. The number of carbonyl (C=O) groups is 2. The number of sulfonamides is 1. The molecule has 7 nitrogen and oxygen atoms in total. The predicted octanol–water partition coefficient (Wildman–Crippen LogP) is 2.32. The molecule has 0 heterocycles. The van der Waals surface area contributed by atoms with Crippen LogP contribution in [0.25, 0.3) is 0 Å². The lowest BCUT2D eigenvalue weighted by Crippen LogP contribution is -2.39. The average molecular weight is 419 g/mol. The Bertz CT molecular complexity index is 964. The van der Waals surface area contributed by atoms with Gasteiger partial charge in [0.2, 0.25) is 15.9 Å². The molecule has 0 aromatic heterocycles. The van der Waals surface area contributed by atoms with Gasteiger partial charge in [-0.05, 0) is 56.2 Å². The highest BCUT2D eigenvalue weighted by Crippen LogP contribution is 2.16. The average Bonchev–Trinajstić information content (AvgIpc) is 2.64. The Balaban J connectivity index is 1.85. The van der Waals surface area contributed by atoms with E-state index in [1.807, 2.05) is 32.0 Å². The Morgan fingerprint density at radius 1 is 1.03 bits per heavy atom. The molecule has 0 aliphatic heterocycles. The van der Waals surface area contributed by atoms with E-state index in [1.54, 1.807) is 0 Å². The fourth-order valence-electron chi connectivity index (χ4n) is 2.76. The van der Waals surface area contributed by atoms with Crippen molar-refractivity contribution in [1.29, 1.82) is 0 Å². The van der Waals surface area contributed by atoms with Crippen molar-refractivity contribution in [2.24, 2.45) is 0 Å². The van der Waals surface area contributed by atoms with Gasteiger partial charge in [-0.2, -0.15) is 4.31 Å². The Kier molecular flexibility index (Phi) is 7.53. The number of likely N-dealkylation sites (N-methyl/N-ethyl adjacent to an activating group) is 1. The maximum Gasteiger partial charge on any atom is 0.243 e.